The van der Waals surface area contributed by atoms with Gasteiger partial charge >= 0.3 is 6.18 Å². The molecule has 0 unspecified atom stereocenters. The monoisotopic (exact) mass is 434 g/mol. The molecule has 1 fully saturated rings. The minimum atomic E-state index is -4.59. The summed E-state index contributed by atoms with van der Waals surface area (Å²) in [6, 6.07) is 6.09. The molecule has 29 heavy (non-hydrogen) atoms. The number of carbonyl (C=O) groups excluding carboxylic acids is 1. The van der Waals surface area contributed by atoms with Crippen molar-refractivity contribution in [3.63, 3.8) is 0 Å². The Kier molecular flexibility index (Phi) is 5.63. The van der Waals surface area contributed by atoms with Crippen molar-refractivity contribution in [2.45, 2.75) is 11.1 Å². The third-order valence-corrected chi connectivity index (χ3v) is 6.43. The Balaban J connectivity index is 1.72. The fourth-order valence-electron chi connectivity index (χ4n) is 2.96. The highest BCUT2D eigenvalue weighted by Gasteiger charge is 2.34. The first kappa shape index (κ1) is 21.2. The van der Waals surface area contributed by atoms with E-state index in [1.807, 2.05) is 0 Å². The van der Waals surface area contributed by atoms with E-state index in [4.69, 9.17) is 0 Å². The van der Waals surface area contributed by atoms with Crippen LogP contribution in [0.4, 0.5) is 22.0 Å². The van der Waals surface area contributed by atoms with Crippen LogP contribution in [0.15, 0.2) is 47.4 Å². The molecule has 1 amide bonds. The molecule has 156 valence electrons. The predicted molar refractivity (Wildman–Crippen MR) is 92.5 cm³/mol. The first-order chi connectivity index (χ1) is 13.5. The van der Waals surface area contributed by atoms with Gasteiger partial charge in [0.05, 0.1) is 10.5 Å². The number of hydrogen-bond donors (Lipinski definition) is 0. The number of benzene rings is 2. The number of piperazine rings is 1. The van der Waals surface area contributed by atoms with Crippen LogP contribution in [0.3, 0.4) is 0 Å². The molecule has 0 bridgehead atoms. The van der Waals surface area contributed by atoms with E-state index in [1.165, 1.54) is 0 Å². The van der Waals surface area contributed by atoms with Crippen molar-refractivity contribution in [1.82, 2.24) is 9.21 Å². The van der Waals surface area contributed by atoms with Gasteiger partial charge in [-0.15, -0.1) is 0 Å². The molecule has 0 aliphatic carbocycles. The van der Waals surface area contributed by atoms with Crippen LogP contribution in [0.5, 0.6) is 0 Å². The van der Waals surface area contributed by atoms with Gasteiger partial charge < -0.3 is 4.90 Å². The van der Waals surface area contributed by atoms with Crippen molar-refractivity contribution in [3.05, 3.63) is 65.2 Å². The van der Waals surface area contributed by atoms with Crippen molar-refractivity contribution >= 4 is 15.9 Å². The lowest BCUT2D eigenvalue weighted by atomic mass is 10.1. The van der Waals surface area contributed by atoms with Gasteiger partial charge in [0.2, 0.25) is 10.0 Å². The smallest absolute Gasteiger partial charge is 0.336 e. The fourth-order valence-corrected chi connectivity index (χ4v) is 4.38. The number of nitrogens with zero attached hydrogens (tertiary/aromatic N) is 2. The van der Waals surface area contributed by atoms with Crippen LogP contribution in [0, 0.1) is 11.6 Å². The summed E-state index contributed by atoms with van der Waals surface area (Å²) in [4.78, 5) is 13.2. The Labute approximate surface area is 163 Å². The Morgan fingerprint density at radius 2 is 1.38 bits per heavy atom. The molecule has 0 N–H and O–H groups in total. The minimum Gasteiger partial charge on any atom is -0.336 e. The maximum Gasteiger partial charge on any atom is 0.416 e. The van der Waals surface area contributed by atoms with Gasteiger partial charge in [0, 0.05) is 26.2 Å². The summed E-state index contributed by atoms with van der Waals surface area (Å²) in [5.41, 5.74) is -1.69. The van der Waals surface area contributed by atoms with Gasteiger partial charge in [-0.3, -0.25) is 4.79 Å². The van der Waals surface area contributed by atoms with E-state index in [0.29, 0.717) is 12.1 Å². The quantitative estimate of drug-likeness (QED) is 0.698. The summed E-state index contributed by atoms with van der Waals surface area (Å²) in [6.45, 7) is -0.560. The normalized spacial score (nSPS) is 16.1. The summed E-state index contributed by atoms with van der Waals surface area (Å²) in [5, 5.41) is 0. The molecule has 0 aromatic heterocycles. The molecule has 0 spiro atoms. The van der Waals surface area contributed by atoms with E-state index < -0.39 is 44.9 Å². The molecule has 0 saturated carbocycles. The van der Waals surface area contributed by atoms with Crippen LogP contribution in [-0.2, 0) is 16.2 Å². The zero-order chi connectivity index (χ0) is 21.4. The predicted octanol–water partition coefficient (Wildman–Crippen LogP) is 3.13. The zero-order valence-corrected chi connectivity index (χ0v) is 15.6. The first-order valence-corrected chi connectivity index (χ1v) is 9.86. The van der Waals surface area contributed by atoms with E-state index in [9.17, 15) is 35.2 Å². The molecular formula is C18H15F5N2O3S. The first-order valence-electron chi connectivity index (χ1n) is 8.42. The number of hydrogen-bond acceptors (Lipinski definition) is 3. The molecule has 1 aliphatic heterocycles. The van der Waals surface area contributed by atoms with Crippen LogP contribution >= 0.6 is 0 Å². The van der Waals surface area contributed by atoms with Crippen molar-refractivity contribution in [1.29, 1.82) is 0 Å². The van der Waals surface area contributed by atoms with Crippen molar-refractivity contribution in [2.75, 3.05) is 26.2 Å². The van der Waals surface area contributed by atoms with Gasteiger partial charge in [-0.2, -0.15) is 17.5 Å². The number of halogens is 5. The SMILES string of the molecule is O=C(c1c(F)cccc1F)N1CCN(S(=O)(=O)c2ccc(C(F)(F)F)cc2)CC1. The molecule has 0 atom stereocenters. The summed E-state index contributed by atoms with van der Waals surface area (Å²) in [7, 11) is -4.07. The van der Waals surface area contributed by atoms with Crippen LogP contribution in [0.25, 0.3) is 0 Å². The highest BCUT2D eigenvalue weighted by atomic mass is 32.2. The second-order valence-corrected chi connectivity index (χ2v) is 8.25. The molecule has 2 aromatic rings. The van der Waals surface area contributed by atoms with Gasteiger partial charge in [-0.25, -0.2) is 17.2 Å². The maximum atomic E-state index is 13.8. The topological polar surface area (TPSA) is 57.7 Å². The summed E-state index contributed by atoms with van der Waals surface area (Å²) in [5.74, 6) is -2.93. The van der Waals surface area contributed by atoms with Crippen molar-refractivity contribution in [2.24, 2.45) is 0 Å². The largest absolute Gasteiger partial charge is 0.416 e. The van der Waals surface area contributed by atoms with Crippen LogP contribution in [0.2, 0.25) is 0 Å². The summed E-state index contributed by atoms with van der Waals surface area (Å²) in [6.07, 6.45) is -4.59. The van der Waals surface area contributed by atoms with Gasteiger partial charge in [0.1, 0.15) is 17.2 Å². The van der Waals surface area contributed by atoms with E-state index >= 15 is 0 Å². The Bertz CT molecular complexity index is 995. The number of alkyl halides is 3. The molecule has 1 saturated heterocycles. The van der Waals surface area contributed by atoms with Gasteiger partial charge in [0.15, 0.2) is 0 Å². The number of sulfonamides is 1. The van der Waals surface area contributed by atoms with Gasteiger partial charge in [-0.05, 0) is 36.4 Å². The molecule has 0 radical (unpaired) electrons. The molecular weight excluding hydrogens is 419 g/mol. The second-order valence-electron chi connectivity index (χ2n) is 6.32. The summed E-state index contributed by atoms with van der Waals surface area (Å²) < 4.78 is 91.7. The minimum absolute atomic E-state index is 0.119. The lowest BCUT2D eigenvalue weighted by Gasteiger charge is -2.34. The number of rotatable bonds is 3. The van der Waals surface area contributed by atoms with E-state index in [1.54, 1.807) is 0 Å². The number of amides is 1. The molecule has 11 heteroatoms. The third-order valence-electron chi connectivity index (χ3n) is 4.52. The van der Waals surface area contributed by atoms with Crippen LogP contribution < -0.4 is 0 Å². The van der Waals surface area contributed by atoms with Crippen LogP contribution in [-0.4, -0.2) is 49.7 Å². The Morgan fingerprint density at radius 1 is 0.862 bits per heavy atom. The van der Waals surface area contributed by atoms with E-state index in [-0.39, 0.29) is 31.1 Å². The Hall–Kier alpha value is -2.53. The highest BCUT2D eigenvalue weighted by molar-refractivity contribution is 7.89. The molecule has 5 nitrogen and oxygen atoms in total. The highest BCUT2D eigenvalue weighted by Crippen LogP contribution is 2.30. The standard InChI is InChI=1S/C18H15F5N2O3S/c19-14-2-1-3-15(20)16(14)17(26)24-8-10-25(11-9-24)29(27,28)13-6-4-12(5-7-13)18(21,22)23/h1-7H,8-11H2. The summed E-state index contributed by atoms with van der Waals surface area (Å²) >= 11 is 0. The number of carbonyl (C=O) groups is 1. The van der Waals surface area contributed by atoms with Gasteiger partial charge in [0.25, 0.3) is 5.91 Å². The molecule has 1 heterocycles. The lowest BCUT2D eigenvalue weighted by molar-refractivity contribution is -0.137. The van der Waals surface area contributed by atoms with Crippen molar-refractivity contribution in [3.8, 4) is 0 Å². The molecule has 2 aromatic carbocycles. The van der Waals surface area contributed by atoms with E-state index in [2.05, 4.69) is 0 Å². The molecule has 3 rings (SSSR count). The molecule has 1 aliphatic rings. The Morgan fingerprint density at radius 3 is 1.86 bits per heavy atom. The second kappa shape index (κ2) is 7.71. The van der Waals surface area contributed by atoms with Gasteiger partial charge in [-0.1, -0.05) is 6.07 Å². The third kappa shape index (κ3) is 4.25. The van der Waals surface area contributed by atoms with Crippen LogP contribution in [0.1, 0.15) is 15.9 Å². The average Bonchev–Trinajstić information content (AvgIpc) is 2.67. The van der Waals surface area contributed by atoms with E-state index in [0.717, 1.165) is 39.5 Å². The maximum absolute atomic E-state index is 13.8. The fraction of sp³-hybridized carbons (Fsp3) is 0.278. The average molecular weight is 434 g/mol. The van der Waals surface area contributed by atoms with Crippen molar-refractivity contribution < 1.29 is 35.2 Å². The lowest BCUT2D eigenvalue weighted by Crippen LogP contribution is -2.50. The zero-order valence-electron chi connectivity index (χ0n) is 14.8.